The molecule has 0 spiro atoms. The Labute approximate surface area is 151 Å². The number of carbonyl (C=O) groups is 1. The van der Waals surface area contributed by atoms with Gasteiger partial charge in [-0.2, -0.15) is 0 Å². The third-order valence-electron chi connectivity index (χ3n) is 4.34. The van der Waals surface area contributed by atoms with E-state index in [0.717, 1.165) is 24.0 Å². The molecule has 0 bridgehead atoms. The van der Waals surface area contributed by atoms with Crippen LogP contribution >= 0.6 is 15.9 Å². The van der Waals surface area contributed by atoms with Crippen molar-refractivity contribution in [1.82, 2.24) is 10.2 Å². The maximum atomic E-state index is 12.0. The van der Waals surface area contributed by atoms with E-state index in [9.17, 15) is 4.79 Å². The van der Waals surface area contributed by atoms with Crippen LogP contribution in [-0.2, 0) is 22.6 Å². The molecule has 1 fully saturated rings. The first kappa shape index (κ1) is 17.7. The van der Waals surface area contributed by atoms with Gasteiger partial charge in [-0.05, 0) is 50.5 Å². The van der Waals surface area contributed by atoms with E-state index in [0.29, 0.717) is 19.3 Å². The predicted molar refractivity (Wildman–Crippen MR) is 95.8 cm³/mol. The van der Waals surface area contributed by atoms with Gasteiger partial charge in [0.1, 0.15) is 5.60 Å². The van der Waals surface area contributed by atoms with Crippen LogP contribution < -0.4 is 5.32 Å². The Bertz CT molecular complexity index is 615. The van der Waals surface area contributed by atoms with Crippen LogP contribution in [0.15, 0.2) is 22.7 Å². The third-order valence-corrected chi connectivity index (χ3v) is 4.83. The second-order valence-electron chi connectivity index (χ2n) is 7.59. The Morgan fingerprint density at radius 2 is 2.04 bits per heavy atom. The van der Waals surface area contributed by atoms with Gasteiger partial charge < -0.3 is 14.8 Å². The molecule has 2 aliphatic heterocycles. The fraction of sp³-hybridized carbons (Fsp3) is 0.611. The summed E-state index contributed by atoms with van der Waals surface area (Å²) in [6.07, 6.45) is 0.513. The van der Waals surface area contributed by atoms with Crippen molar-refractivity contribution in [2.24, 2.45) is 0 Å². The minimum absolute atomic E-state index is 0.00551. The summed E-state index contributed by atoms with van der Waals surface area (Å²) in [6.45, 7) is 8.73. The van der Waals surface area contributed by atoms with E-state index in [1.165, 1.54) is 11.1 Å². The van der Waals surface area contributed by atoms with Gasteiger partial charge in [0.25, 0.3) is 0 Å². The van der Waals surface area contributed by atoms with Gasteiger partial charge in [0.15, 0.2) is 0 Å². The Morgan fingerprint density at radius 3 is 2.79 bits per heavy atom. The first-order valence-corrected chi connectivity index (χ1v) is 9.18. The van der Waals surface area contributed by atoms with Gasteiger partial charge in [0.2, 0.25) is 0 Å². The number of ether oxygens (including phenoxy) is 2. The number of nitrogens with zero attached hydrogens (tertiary/aromatic N) is 1. The normalized spacial score (nSPS) is 24.5. The van der Waals surface area contributed by atoms with E-state index in [2.05, 4.69) is 44.3 Å². The summed E-state index contributed by atoms with van der Waals surface area (Å²) >= 11 is 3.54. The molecule has 2 heterocycles. The molecule has 1 amide bonds. The number of fused-ring (bicyclic) bond motifs is 1. The van der Waals surface area contributed by atoms with Crippen LogP contribution in [0.2, 0.25) is 0 Å². The van der Waals surface area contributed by atoms with Crippen molar-refractivity contribution in [2.45, 2.75) is 58.0 Å². The second-order valence-corrected chi connectivity index (χ2v) is 8.50. The highest BCUT2D eigenvalue weighted by Crippen LogP contribution is 2.29. The lowest BCUT2D eigenvalue weighted by molar-refractivity contribution is -0.00782. The molecular formula is C18H25BrN2O3. The minimum atomic E-state index is -0.483. The lowest BCUT2D eigenvalue weighted by Gasteiger charge is -2.35. The lowest BCUT2D eigenvalue weighted by Crippen LogP contribution is -2.50. The zero-order chi connectivity index (χ0) is 17.3. The number of benzene rings is 1. The predicted octanol–water partition coefficient (Wildman–Crippen LogP) is 3.45. The zero-order valence-corrected chi connectivity index (χ0v) is 16.1. The van der Waals surface area contributed by atoms with Gasteiger partial charge in [-0.25, -0.2) is 4.79 Å². The molecule has 0 aromatic heterocycles. The highest BCUT2D eigenvalue weighted by molar-refractivity contribution is 9.10. The van der Waals surface area contributed by atoms with Crippen LogP contribution in [0, 0.1) is 0 Å². The van der Waals surface area contributed by atoms with Crippen molar-refractivity contribution in [3.63, 3.8) is 0 Å². The summed E-state index contributed by atoms with van der Waals surface area (Å²) < 4.78 is 12.2. The summed E-state index contributed by atoms with van der Waals surface area (Å²) in [7, 11) is 0. The Balaban J connectivity index is 1.56. The highest BCUT2D eigenvalue weighted by Gasteiger charge is 2.32. The number of hydrogen-bond acceptors (Lipinski definition) is 4. The van der Waals surface area contributed by atoms with Crippen molar-refractivity contribution >= 4 is 22.0 Å². The Morgan fingerprint density at radius 1 is 1.29 bits per heavy atom. The molecule has 2 aliphatic rings. The molecule has 1 N–H and O–H groups in total. The zero-order valence-electron chi connectivity index (χ0n) is 14.5. The fourth-order valence-corrected chi connectivity index (χ4v) is 3.70. The van der Waals surface area contributed by atoms with Gasteiger partial charge in [-0.1, -0.05) is 22.0 Å². The average molecular weight is 397 g/mol. The third kappa shape index (κ3) is 4.49. The fourth-order valence-electron chi connectivity index (χ4n) is 3.29. The molecule has 24 heavy (non-hydrogen) atoms. The topological polar surface area (TPSA) is 50.8 Å². The number of halogens is 1. The molecule has 3 rings (SSSR count). The summed E-state index contributed by atoms with van der Waals surface area (Å²) in [4.78, 5) is 14.4. The van der Waals surface area contributed by atoms with Crippen molar-refractivity contribution in [1.29, 1.82) is 0 Å². The van der Waals surface area contributed by atoms with E-state index in [4.69, 9.17) is 9.47 Å². The van der Waals surface area contributed by atoms with Gasteiger partial charge in [-0.15, -0.1) is 0 Å². The summed E-state index contributed by atoms with van der Waals surface area (Å²) in [5.74, 6) is 0. The Kier molecular flexibility index (Phi) is 5.18. The Hall–Kier alpha value is -1.11. The minimum Gasteiger partial charge on any atom is -0.444 e. The molecule has 2 unspecified atom stereocenters. The van der Waals surface area contributed by atoms with Gasteiger partial charge in [0.05, 0.1) is 19.3 Å². The number of alkyl carbamates (subject to hydrolysis) is 1. The molecule has 6 heteroatoms. The summed E-state index contributed by atoms with van der Waals surface area (Å²) in [6, 6.07) is 6.76. The summed E-state index contributed by atoms with van der Waals surface area (Å²) in [5.41, 5.74) is 2.26. The monoisotopic (exact) mass is 396 g/mol. The van der Waals surface area contributed by atoms with E-state index in [1.807, 2.05) is 20.8 Å². The van der Waals surface area contributed by atoms with Crippen molar-refractivity contribution in [3.8, 4) is 0 Å². The molecule has 1 aromatic carbocycles. The van der Waals surface area contributed by atoms with E-state index >= 15 is 0 Å². The number of carbonyl (C=O) groups excluding carboxylic acids is 1. The quantitative estimate of drug-likeness (QED) is 0.831. The van der Waals surface area contributed by atoms with Crippen molar-refractivity contribution in [3.05, 3.63) is 33.8 Å². The van der Waals surface area contributed by atoms with Crippen LogP contribution in [0.4, 0.5) is 4.79 Å². The van der Waals surface area contributed by atoms with Crippen LogP contribution in [0.3, 0.4) is 0 Å². The number of rotatable bonds is 2. The van der Waals surface area contributed by atoms with E-state index in [-0.39, 0.29) is 12.1 Å². The van der Waals surface area contributed by atoms with Crippen molar-refractivity contribution in [2.75, 3.05) is 13.2 Å². The average Bonchev–Trinajstić information content (AvgIpc) is 2.88. The van der Waals surface area contributed by atoms with Crippen LogP contribution in [0.5, 0.6) is 0 Å². The maximum Gasteiger partial charge on any atom is 0.407 e. The molecule has 0 saturated carbocycles. The molecule has 5 nitrogen and oxygen atoms in total. The van der Waals surface area contributed by atoms with E-state index < -0.39 is 5.60 Å². The van der Waals surface area contributed by atoms with Crippen LogP contribution in [-0.4, -0.2) is 41.9 Å². The first-order valence-electron chi connectivity index (χ1n) is 8.39. The van der Waals surface area contributed by atoms with Crippen LogP contribution in [0.1, 0.15) is 38.3 Å². The number of amides is 1. The second kappa shape index (κ2) is 7.02. The molecule has 1 saturated heterocycles. The SMILES string of the molecule is CC(C)(C)OC(=O)NC1COCC(N2Cc3ccc(Br)cc3C2)C1. The number of nitrogens with one attached hydrogen (secondary N) is 1. The molecule has 0 radical (unpaired) electrons. The largest absolute Gasteiger partial charge is 0.444 e. The van der Waals surface area contributed by atoms with Gasteiger partial charge in [0, 0.05) is 23.6 Å². The highest BCUT2D eigenvalue weighted by atomic mass is 79.9. The number of hydrogen-bond donors (Lipinski definition) is 1. The van der Waals surface area contributed by atoms with Crippen LogP contribution in [0.25, 0.3) is 0 Å². The lowest BCUT2D eigenvalue weighted by atomic mass is 10.0. The van der Waals surface area contributed by atoms with Crippen molar-refractivity contribution < 1.29 is 14.3 Å². The molecule has 1 aromatic rings. The van der Waals surface area contributed by atoms with Gasteiger partial charge in [-0.3, -0.25) is 4.90 Å². The molecular weight excluding hydrogens is 372 g/mol. The molecule has 2 atom stereocenters. The first-order chi connectivity index (χ1) is 11.3. The molecule has 132 valence electrons. The standard InChI is InChI=1S/C18H25BrN2O3/c1-18(2,3)24-17(22)20-15-7-16(11-23-10-15)21-8-12-4-5-14(19)6-13(12)9-21/h4-6,15-16H,7-11H2,1-3H3,(H,20,22). The smallest absolute Gasteiger partial charge is 0.407 e. The maximum absolute atomic E-state index is 12.0. The van der Waals surface area contributed by atoms with E-state index in [1.54, 1.807) is 0 Å². The van der Waals surface area contributed by atoms with Gasteiger partial charge >= 0.3 is 6.09 Å². The molecule has 0 aliphatic carbocycles. The summed E-state index contributed by atoms with van der Waals surface area (Å²) in [5, 5.41) is 2.94.